The zero-order valence-corrected chi connectivity index (χ0v) is 13.8. The van der Waals surface area contributed by atoms with Gasteiger partial charge in [0.2, 0.25) is 11.8 Å². The van der Waals surface area contributed by atoms with Crippen molar-refractivity contribution >= 4 is 5.91 Å². The van der Waals surface area contributed by atoms with E-state index in [0.29, 0.717) is 24.8 Å². The van der Waals surface area contributed by atoms with E-state index in [1.54, 1.807) is 18.9 Å². The molecule has 0 spiro atoms. The molecule has 3 rings (SSSR count). The molecule has 124 valence electrons. The second-order valence-corrected chi connectivity index (χ2v) is 6.06. The van der Waals surface area contributed by atoms with Crippen molar-refractivity contribution in [2.24, 2.45) is 0 Å². The lowest BCUT2D eigenvalue weighted by molar-refractivity contribution is -0.132. The van der Waals surface area contributed by atoms with Crippen molar-refractivity contribution in [1.82, 2.24) is 19.9 Å². The maximum absolute atomic E-state index is 12.5. The number of carbonyl (C=O) groups excluding carboxylic acids is 1. The predicted octanol–water partition coefficient (Wildman–Crippen LogP) is 2.07. The van der Waals surface area contributed by atoms with Gasteiger partial charge in [-0.2, -0.15) is 4.98 Å². The first-order valence-electron chi connectivity index (χ1n) is 7.86. The molecule has 1 aliphatic rings. The summed E-state index contributed by atoms with van der Waals surface area (Å²) in [5.74, 6) is 2.95. The summed E-state index contributed by atoms with van der Waals surface area (Å²) in [4.78, 5) is 20.6. The highest BCUT2D eigenvalue weighted by Crippen LogP contribution is 2.29. The largest absolute Gasteiger partial charge is 0.464 e. The molecule has 2 aromatic rings. The molecule has 3 heterocycles. The van der Waals surface area contributed by atoms with Crippen LogP contribution in [0, 0.1) is 13.8 Å². The summed E-state index contributed by atoms with van der Waals surface area (Å²) in [6, 6.07) is 3.87. The third-order valence-corrected chi connectivity index (χ3v) is 4.16. The molecule has 0 radical (unpaired) electrons. The summed E-state index contributed by atoms with van der Waals surface area (Å²) in [5.41, 5.74) is 0. The minimum atomic E-state index is 0.0613. The number of aryl methyl sites for hydroxylation is 2. The van der Waals surface area contributed by atoms with Crippen molar-refractivity contribution in [3.05, 3.63) is 35.4 Å². The van der Waals surface area contributed by atoms with E-state index in [9.17, 15) is 4.79 Å². The summed E-state index contributed by atoms with van der Waals surface area (Å²) in [6.07, 6.45) is 1.99. The Morgan fingerprint density at radius 2 is 2.26 bits per heavy atom. The molecule has 0 aliphatic carbocycles. The normalized spacial score (nSPS) is 18.5. The highest BCUT2D eigenvalue weighted by Gasteiger charge is 2.31. The van der Waals surface area contributed by atoms with Gasteiger partial charge in [0.25, 0.3) is 0 Å². The molecule has 1 saturated heterocycles. The molecule has 1 atom stereocenters. The molecule has 2 aromatic heterocycles. The number of amides is 1. The number of carbonyl (C=O) groups is 1. The van der Waals surface area contributed by atoms with Crippen LogP contribution in [0.1, 0.15) is 42.1 Å². The topological polar surface area (TPSA) is 75.6 Å². The number of hydrogen-bond acceptors (Lipinski definition) is 6. The summed E-state index contributed by atoms with van der Waals surface area (Å²) >= 11 is 0. The Morgan fingerprint density at radius 1 is 1.43 bits per heavy atom. The number of hydrogen-bond donors (Lipinski definition) is 0. The Balaban J connectivity index is 1.60. The van der Waals surface area contributed by atoms with Crippen LogP contribution in [-0.2, 0) is 11.3 Å². The average Bonchev–Trinajstić information content (AvgIpc) is 3.21. The first-order valence-corrected chi connectivity index (χ1v) is 7.86. The Bertz CT molecular complexity index is 678. The number of rotatable bonds is 5. The summed E-state index contributed by atoms with van der Waals surface area (Å²) in [6.45, 7) is 5.38. The molecule has 1 amide bonds. The molecule has 7 heteroatoms. The van der Waals surface area contributed by atoms with Crippen molar-refractivity contribution < 1.29 is 13.7 Å². The minimum Gasteiger partial charge on any atom is -0.464 e. The van der Waals surface area contributed by atoms with Crippen LogP contribution in [0.15, 0.2) is 21.1 Å². The molecular formula is C16H22N4O3. The fourth-order valence-corrected chi connectivity index (χ4v) is 2.94. The van der Waals surface area contributed by atoms with Crippen molar-refractivity contribution in [2.45, 2.75) is 39.3 Å². The fourth-order valence-electron chi connectivity index (χ4n) is 2.94. The molecule has 0 aromatic carbocycles. The predicted molar refractivity (Wildman–Crippen MR) is 82.5 cm³/mol. The van der Waals surface area contributed by atoms with E-state index in [4.69, 9.17) is 8.94 Å². The minimum absolute atomic E-state index is 0.0613. The highest BCUT2D eigenvalue weighted by atomic mass is 16.5. The number of likely N-dealkylation sites (tertiary alicyclic amines) is 1. The van der Waals surface area contributed by atoms with Crippen LogP contribution in [0.5, 0.6) is 0 Å². The van der Waals surface area contributed by atoms with Crippen molar-refractivity contribution in [2.75, 3.05) is 20.1 Å². The van der Waals surface area contributed by atoms with Crippen LogP contribution < -0.4 is 0 Å². The van der Waals surface area contributed by atoms with Gasteiger partial charge in [0.05, 0.1) is 19.1 Å². The number of furan rings is 1. The molecule has 0 bridgehead atoms. The molecule has 0 saturated carbocycles. The van der Waals surface area contributed by atoms with E-state index < -0.39 is 0 Å². The lowest BCUT2D eigenvalue weighted by Crippen LogP contribution is -2.38. The fraction of sp³-hybridized carbons (Fsp3) is 0.562. The van der Waals surface area contributed by atoms with E-state index in [0.717, 1.165) is 30.9 Å². The van der Waals surface area contributed by atoms with Crippen molar-refractivity contribution in [1.29, 1.82) is 0 Å². The summed E-state index contributed by atoms with van der Waals surface area (Å²) in [5, 5.41) is 4.00. The molecule has 1 fully saturated rings. The first kappa shape index (κ1) is 15.7. The Kier molecular flexibility index (Phi) is 4.47. The Hall–Kier alpha value is -2.15. The van der Waals surface area contributed by atoms with Crippen molar-refractivity contribution in [3.63, 3.8) is 0 Å². The molecular weight excluding hydrogens is 296 g/mol. The van der Waals surface area contributed by atoms with Crippen LogP contribution in [0.3, 0.4) is 0 Å². The van der Waals surface area contributed by atoms with Gasteiger partial charge in [0.15, 0.2) is 5.82 Å². The van der Waals surface area contributed by atoms with Crippen LogP contribution in [-0.4, -0.2) is 46.0 Å². The summed E-state index contributed by atoms with van der Waals surface area (Å²) < 4.78 is 10.6. The molecule has 0 N–H and O–H groups in total. The van der Waals surface area contributed by atoms with Gasteiger partial charge in [0, 0.05) is 14.0 Å². The highest BCUT2D eigenvalue weighted by molar-refractivity contribution is 5.78. The van der Waals surface area contributed by atoms with Gasteiger partial charge in [-0.1, -0.05) is 5.16 Å². The summed E-state index contributed by atoms with van der Waals surface area (Å²) in [7, 11) is 1.80. The maximum atomic E-state index is 12.5. The van der Waals surface area contributed by atoms with Gasteiger partial charge >= 0.3 is 0 Å². The van der Waals surface area contributed by atoms with Gasteiger partial charge in [0.1, 0.15) is 11.5 Å². The van der Waals surface area contributed by atoms with E-state index in [-0.39, 0.29) is 11.9 Å². The van der Waals surface area contributed by atoms with E-state index >= 15 is 0 Å². The number of nitrogens with zero attached hydrogens (tertiary/aromatic N) is 4. The monoisotopic (exact) mass is 318 g/mol. The van der Waals surface area contributed by atoms with E-state index in [2.05, 4.69) is 15.0 Å². The standard InChI is InChI=1S/C16H22N4O3/c1-11-6-7-13(22-11)9-19(3)15(21)10-20-8-4-5-14(20)16-17-12(2)23-18-16/h6-7,14H,4-5,8-10H2,1-3H3. The second-order valence-electron chi connectivity index (χ2n) is 6.06. The van der Waals surface area contributed by atoms with Gasteiger partial charge in [-0.25, -0.2) is 0 Å². The van der Waals surface area contributed by atoms with Crippen LogP contribution >= 0.6 is 0 Å². The van der Waals surface area contributed by atoms with Crippen LogP contribution in [0.25, 0.3) is 0 Å². The number of likely N-dealkylation sites (N-methyl/N-ethyl adjacent to an activating group) is 1. The van der Waals surface area contributed by atoms with Crippen LogP contribution in [0.4, 0.5) is 0 Å². The zero-order valence-electron chi connectivity index (χ0n) is 13.8. The third kappa shape index (κ3) is 3.61. The quantitative estimate of drug-likeness (QED) is 0.840. The van der Waals surface area contributed by atoms with E-state index in [1.165, 1.54) is 0 Å². The second kappa shape index (κ2) is 6.54. The van der Waals surface area contributed by atoms with E-state index in [1.807, 2.05) is 19.1 Å². The lowest BCUT2D eigenvalue weighted by atomic mass is 10.2. The molecule has 1 unspecified atom stereocenters. The lowest BCUT2D eigenvalue weighted by Gasteiger charge is -2.24. The molecule has 7 nitrogen and oxygen atoms in total. The van der Waals surface area contributed by atoms with Gasteiger partial charge in [-0.15, -0.1) is 0 Å². The third-order valence-electron chi connectivity index (χ3n) is 4.16. The Morgan fingerprint density at radius 3 is 2.91 bits per heavy atom. The SMILES string of the molecule is Cc1ccc(CN(C)C(=O)CN2CCCC2c2noc(C)n2)o1. The van der Waals surface area contributed by atoms with Crippen molar-refractivity contribution in [3.8, 4) is 0 Å². The molecule has 1 aliphatic heterocycles. The number of aromatic nitrogens is 2. The average molecular weight is 318 g/mol. The maximum Gasteiger partial charge on any atom is 0.236 e. The van der Waals surface area contributed by atoms with Gasteiger partial charge in [-0.3, -0.25) is 9.69 Å². The zero-order chi connectivity index (χ0) is 16.4. The first-order chi connectivity index (χ1) is 11.0. The smallest absolute Gasteiger partial charge is 0.236 e. The Labute approximate surface area is 135 Å². The van der Waals surface area contributed by atoms with Gasteiger partial charge in [-0.05, 0) is 38.4 Å². The van der Waals surface area contributed by atoms with Gasteiger partial charge < -0.3 is 13.8 Å². The van der Waals surface area contributed by atoms with Crippen LogP contribution in [0.2, 0.25) is 0 Å². The molecule has 23 heavy (non-hydrogen) atoms.